The van der Waals surface area contributed by atoms with E-state index in [2.05, 4.69) is 49.2 Å². The molecule has 2 unspecified atom stereocenters. The van der Waals surface area contributed by atoms with Gasteiger partial charge in [-0.25, -0.2) is 0 Å². The summed E-state index contributed by atoms with van der Waals surface area (Å²) in [5, 5.41) is 3.10. The zero-order valence-corrected chi connectivity index (χ0v) is 15.7. The molecule has 132 valence electrons. The van der Waals surface area contributed by atoms with Crippen LogP contribution in [-0.2, 0) is 16.0 Å². The molecule has 5 heteroatoms. The zero-order chi connectivity index (χ0) is 17.1. The summed E-state index contributed by atoms with van der Waals surface area (Å²) in [4.78, 5) is 16.2. The van der Waals surface area contributed by atoms with Gasteiger partial charge in [0.1, 0.15) is 0 Å². The average Bonchev–Trinajstić information content (AvgIpc) is 2.95. The quantitative estimate of drug-likeness (QED) is 0.888. The minimum atomic E-state index is -0.00263. The second kappa shape index (κ2) is 7.89. The second-order valence-electron chi connectivity index (χ2n) is 7.31. The minimum Gasteiger partial charge on any atom is -0.374 e. The standard InChI is InChI=1S/C19H28N2O2S/c1-13(2)11-21-6-7-23-16(12-21)10-20-19(22)18-9-15-5-4-14(3)8-17(15)24-18/h4-5,8,13,16,18H,6-7,9-12H2,1-3H3,(H,20,22). The molecule has 3 rings (SSSR count). The number of carbonyl (C=O) groups excluding carboxylic acids is 1. The number of fused-ring (bicyclic) bond motifs is 1. The molecule has 4 nitrogen and oxygen atoms in total. The molecule has 0 saturated carbocycles. The minimum absolute atomic E-state index is 0.00263. The van der Waals surface area contributed by atoms with Crippen molar-refractivity contribution >= 4 is 17.7 Å². The number of hydrogen-bond donors (Lipinski definition) is 1. The van der Waals surface area contributed by atoms with E-state index < -0.39 is 0 Å². The number of rotatable bonds is 5. The Bertz CT molecular complexity index is 591. The molecule has 0 spiro atoms. The lowest BCUT2D eigenvalue weighted by Gasteiger charge is -2.34. The first-order valence-electron chi connectivity index (χ1n) is 8.89. The van der Waals surface area contributed by atoms with Crippen molar-refractivity contribution in [2.24, 2.45) is 5.92 Å². The molecule has 1 aromatic rings. The van der Waals surface area contributed by atoms with E-state index >= 15 is 0 Å². The normalized spacial score (nSPS) is 24.2. The number of aryl methyl sites for hydroxylation is 1. The van der Waals surface area contributed by atoms with E-state index in [1.165, 1.54) is 16.0 Å². The molecule has 1 N–H and O–H groups in total. The highest BCUT2D eigenvalue weighted by Crippen LogP contribution is 2.37. The smallest absolute Gasteiger partial charge is 0.233 e. The van der Waals surface area contributed by atoms with Gasteiger partial charge in [-0.15, -0.1) is 11.8 Å². The van der Waals surface area contributed by atoms with Gasteiger partial charge in [0.15, 0.2) is 0 Å². The SMILES string of the molecule is Cc1ccc2c(c1)SC(C(=O)NCC1CN(CC(C)C)CCO1)C2. The van der Waals surface area contributed by atoms with Crippen LogP contribution in [0.2, 0.25) is 0 Å². The number of nitrogens with one attached hydrogen (secondary N) is 1. The molecule has 2 atom stereocenters. The van der Waals surface area contributed by atoms with E-state index in [1.807, 2.05) is 0 Å². The maximum atomic E-state index is 12.5. The summed E-state index contributed by atoms with van der Waals surface area (Å²) in [5.74, 6) is 0.800. The fourth-order valence-electron chi connectivity index (χ4n) is 3.40. The summed E-state index contributed by atoms with van der Waals surface area (Å²) in [7, 11) is 0. The fourth-order valence-corrected chi connectivity index (χ4v) is 4.71. The molecule has 0 bridgehead atoms. The Morgan fingerprint density at radius 2 is 2.29 bits per heavy atom. The molecule has 24 heavy (non-hydrogen) atoms. The Labute approximate surface area is 149 Å². The van der Waals surface area contributed by atoms with Crippen molar-refractivity contribution in [1.82, 2.24) is 10.2 Å². The van der Waals surface area contributed by atoms with Crippen molar-refractivity contribution in [1.29, 1.82) is 0 Å². The largest absolute Gasteiger partial charge is 0.374 e. The van der Waals surface area contributed by atoms with Gasteiger partial charge in [-0.05, 0) is 30.9 Å². The molecule has 0 aromatic heterocycles. The first kappa shape index (κ1) is 17.8. The molecular formula is C19H28N2O2S. The van der Waals surface area contributed by atoms with Gasteiger partial charge in [0.25, 0.3) is 0 Å². The predicted octanol–water partition coefficient (Wildman–Crippen LogP) is 2.48. The molecule has 1 amide bonds. The van der Waals surface area contributed by atoms with Crippen LogP contribution in [-0.4, -0.2) is 54.9 Å². The number of benzene rings is 1. The first-order chi connectivity index (χ1) is 11.5. The predicted molar refractivity (Wildman–Crippen MR) is 98.6 cm³/mol. The number of amides is 1. The molecule has 1 fully saturated rings. The molecule has 2 aliphatic heterocycles. The number of carbonyl (C=O) groups is 1. The highest BCUT2D eigenvalue weighted by atomic mass is 32.2. The molecule has 1 aromatic carbocycles. The van der Waals surface area contributed by atoms with E-state index in [0.29, 0.717) is 12.5 Å². The Balaban J connectivity index is 1.46. The number of hydrogen-bond acceptors (Lipinski definition) is 4. The Morgan fingerprint density at radius 3 is 3.08 bits per heavy atom. The summed E-state index contributed by atoms with van der Waals surface area (Å²) in [6, 6.07) is 6.46. The first-order valence-corrected chi connectivity index (χ1v) is 9.77. The van der Waals surface area contributed by atoms with Crippen LogP contribution < -0.4 is 5.32 Å². The van der Waals surface area contributed by atoms with Crippen molar-refractivity contribution in [2.75, 3.05) is 32.8 Å². The highest BCUT2D eigenvalue weighted by molar-refractivity contribution is 8.01. The van der Waals surface area contributed by atoms with Crippen LogP contribution >= 0.6 is 11.8 Å². The summed E-state index contributed by atoms with van der Waals surface area (Å²) < 4.78 is 5.82. The van der Waals surface area contributed by atoms with E-state index in [1.54, 1.807) is 11.8 Å². The van der Waals surface area contributed by atoms with Crippen LogP contribution in [0.15, 0.2) is 23.1 Å². The highest BCUT2D eigenvalue weighted by Gasteiger charge is 2.29. The van der Waals surface area contributed by atoms with Crippen molar-refractivity contribution in [2.45, 2.75) is 43.4 Å². The second-order valence-corrected chi connectivity index (χ2v) is 8.56. The zero-order valence-electron chi connectivity index (χ0n) is 14.9. The van der Waals surface area contributed by atoms with Crippen LogP contribution in [0, 0.1) is 12.8 Å². The molecule has 1 saturated heterocycles. The third-order valence-electron chi connectivity index (χ3n) is 4.54. The van der Waals surface area contributed by atoms with Gasteiger partial charge in [-0.3, -0.25) is 9.69 Å². The van der Waals surface area contributed by atoms with Crippen molar-refractivity contribution in [3.8, 4) is 0 Å². The number of ether oxygens (including phenoxy) is 1. The third-order valence-corrected chi connectivity index (χ3v) is 5.84. The summed E-state index contributed by atoms with van der Waals surface area (Å²) in [5.41, 5.74) is 2.55. The van der Waals surface area contributed by atoms with Crippen molar-refractivity contribution < 1.29 is 9.53 Å². The van der Waals surface area contributed by atoms with Gasteiger partial charge in [-0.1, -0.05) is 31.5 Å². The van der Waals surface area contributed by atoms with Crippen molar-refractivity contribution in [3.63, 3.8) is 0 Å². The van der Waals surface area contributed by atoms with Gasteiger partial charge in [-0.2, -0.15) is 0 Å². The number of morpholine rings is 1. The maximum absolute atomic E-state index is 12.5. The van der Waals surface area contributed by atoms with Gasteiger partial charge >= 0.3 is 0 Å². The third kappa shape index (κ3) is 4.52. The fraction of sp³-hybridized carbons (Fsp3) is 0.632. The Hall–Kier alpha value is -1.04. The van der Waals surface area contributed by atoms with Crippen LogP contribution in [0.1, 0.15) is 25.0 Å². The lowest BCUT2D eigenvalue weighted by molar-refractivity contribution is -0.121. The summed E-state index contributed by atoms with van der Waals surface area (Å²) in [6.07, 6.45) is 0.939. The van der Waals surface area contributed by atoms with Gasteiger partial charge in [0.05, 0.1) is 18.0 Å². The number of nitrogens with zero attached hydrogens (tertiary/aromatic N) is 1. The van der Waals surface area contributed by atoms with Crippen LogP contribution in [0.4, 0.5) is 0 Å². The molecular weight excluding hydrogens is 320 g/mol. The average molecular weight is 349 g/mol. The van der Waals surface area contributed by atoms with E-state index in [0.717, 1.165) is 32.7 Å². The topological polar surface area (TPSA) is 41.6 Å². The Kier molecular flexibility index (Phi) is 5.85. The van der Waals surface area contributed by atoms with Crippen LogP contribution in [0.5, 0.6) is 0 Å². The number of thioether (sulfide) groups is 1. The Morgan fingerprint density at radius 1 is 1.46 bits per heavy atom. The van der Waals surface area contributed by atoms with E-state index in [-0.39, 0.29) is 17.3 Å². The lowest BCUT2D eigenvalue weighted by atomic mass is 10.1. The molecule has 2 aliphatic rings. The lowest BCUT2D eigenvalue weighted by Crippen LogP contribution is -2.49. The molecule has 0 radical (unpaired) electrons. The monoisotopic (exact) mass is 348 g/mol. The van der Waals surface area contributed by atoms with Crippen LogP contribution in [0.3, 0.4) is 0 Å². The summed E-state index contributed by atoms with van der Waals surface area (Å²) in [6.45, 7) is 11.0. The summed E-state index contributed by atoms with van der Waals surface area (Å²) >= 11 is 1.69. The van der Waals surface area contributed by atoms with Gasteiger partial charge in [0, 0.05) is 31.1 Å². The molecule has 0 aliphatic carbocycles. The van der Waals surface area contributed by atoms with Gasteiger partial charge in [0.2, 0.25) is 5.91 Å². The van der Waals surface area contributed by atoms with E-state index in [9.17, 15) is 4.79 Å². The maximum Gasteiger partial charge on any atom is 0.233 e. The van der Waals surface area contributed by atoms with Crippen LogP contribution in [0.25, 0.3) is 0 Å². The molecule has 2 heterocycles. The van der Waals surface area contributed by atoms with E-state index in [4.69, 9.17) is 4.74 Å². The van der Waals surface area contributed by atoms with Gasteiger partial charge < -0.3 is 10.1 Å². The van der Waals surface area contributed by atoms with Crippen molar-refractivity contribution in [3.05, 3.63) is 29.3 Å².